The van der Waals surface area contributed by atoms with E-state index in [1.807, 2.05) is 12.1 Å². The molecule has 0 atom stereocenters. The number of anilines is 1. The Labute approximate surface area is 158 Å². The summed E-state index contributed by atoms with van der Waals surface area (Å²) >= 11 is 3.56. The average Bonchev–Trinajstić information content (AvgIpc) is 3.09. The highest BCUT2D eigenvalue weighted by atomic mass is 79.9. The number of hydrogen-bond acceptors (Lipinski definition) is 3. The first-order chi connectivity index (χ1) is 12.6. The van der Waals surface area contributed by atoms with Gasteiger partial charge in [0.2, 0.25) is 0 Å². The van der Waals surface area contributed by atoms with Crippen LogP contribution in [0, 0.1) is 5.82 Å². The molecule has 1 aliphatic rings. The molecular weight excluding hydrogens is 399 g/mol. The van der Waals surface area contributed by atoms with Gasteiger partial charge in [0.15, 0.2) is 0 Å². The number of pyridine rings is 1. The number of nitrogens with zero attached hydrogens (tertiary/aromatic N) is 1. The number of ether oxygens (including phenoxy) is 1. The molecule has 0 aliphatic carbocycles. The maximum atomic E-state index is 13.7. The summed E-state index contributed by atoms with van der Waals surface area (Å²) in [6.45, 7) is 0.699. The number of carbonyl (C=O) groups excluding carboxylic acids is 1. The number of halogens is 2. The van der Waals surface area contributed by atoms with E-state index in [-0.39, 0.29) is 5.56 Å². The maximum Gasteiger partial charge on any atom is 0.259 e. The van der Waals surface area contributed by atoms with Gasteiger partial charge in [0, 0.05) is 22.7 Å². The first-order valence-corrected chi connectivity index (χ1v) is 8.88. The lowest BCUT2D eigenvalue weighted by Gasteiger charge is -2.09. The summed E-state index contributed by atoms with van der Waals surface area (Å²) in [6, 6.07) is 13.5. The Bertz CT molecular complexity index is 990. The summed E-state index contributed by atoms with van der Waals surface area (Å²) in [5.41, 5.74) is 3.07. The van der Waals surface area contributed by atoms with Crippen molar-refractivity contribution >= 4 is 27.7 Å². The van der Waals surface area contributed by atoms with Crippen molar-refractivity contribution in [2.75, 3.05) is 11.9 Å². The molecule has 0 saturated carbocycles. The lowest BCUT2D eigenvalue weighted by Crippen LogP contribution is -2.14. The molecule has 6 heteroatoms. The lowest BCUT2D eigenvalue weighted by molar-refractivity contribution is 0.102. The molecule has 0 bridgehead atoms. The highest BCUT2D eigenvalue weighted by molar-refractivity contribution is 9.10. The van der Waals surface area contributed by atoms with E-state index in [0.717, 1.165) is 27.8 Å². The Hall–Kier alpha value is -2.73. The van der Waals surface area contributed by atoms with Gasteiger partial charge in [-0.15, -0.1) is 0 Å². The number of carbonyl (C=O) groups is 1. The van der Waals surface area contributed by atoms with Gasteiger partial charge in [0.05, 0.1) is 12.2 Å². The number of aromatic nitrogens is 1. The largest absolute Gasteiger partial charge is 0.493 e. The van der Waals surface area contributed by atoms with Gasteiger partial charge in [0.25, 0.3) is 5.91 Å². The molecule has 3 aromatic rings. The molecule has 1 amide bonds. The molecule has 130 valence electrons. The van der Waals surface area contributed by atoms with E-state index < -0.39 is 11.7 Å². The van der Waals surface area contributed by atoms with Crippen LogP contribution in [0.25, 0.3) is 11.1 Å². The van der Waals surface area contributed by atoms with Crippen LogP contribution in [0.4, 0.5) is 10.2 Å². The molecule has 0 fully saturated rings. The van der Waals surface area contributed by atoms with Gasteiger partial charge in [-0.05, 0) is 47.5 Å². The molecule has 2 heterocycles. The molecule has 1 aliphatic heterocycles. The standard InChI is InChI=1S/C20H14BrFN2O2/c21-16-10-18-12(7-8-26-18)9-15(16)13-5-6-19(23-11-13)24-20(25)14-3-1-2-4-17(14)22/h1-6,9-11H,7-8H2,(H,23,24,25). The molecule has 0 spiro atoms. The summed E-state index contributed by atoms with van der Waals surface area (Å²) in [7, 11) is 0. The summed E-state index contributed by atoms with van der Waals surface area (Å²) in [6.07, 6.45) is 2.57. The third-order valence-electron chi connectivity index (χ3n) is 4.21. The number of benzene rings is 2. The Morgan fingerprint density at radius 1 is 1.19 bits per heavy atom. The number of fused-ring (bicyclic) bond motifs is 1. The number of amides is 1. The summed E-state index contributed by atoms with van der Waals surface area (Å²) < 4.78 is 20.2. The van der Waals surface area contributed by atoms with Crippen molar-refractivity contribution in [3.63, 3.8) is 0 Å². The lowest BCUT2D eigenvalue weighted by atomic mass is 10.0. The third-order valence-corrected chi connectivity index (χ3v) is 4.87. The quantitative estimate of drug-likeness (QED) is 0.669. The molecule has 0 unspecified atom stereocenters. The predicted octanol–water partition coefficient (Wildman–Crippen LogP) is 4.84. The van der Waals surface area contributed by atoms with Crippen LogP contribution < -0.4 is 10.1 Å². The van der Waals surface area contributed by atoms with E-state index >= 15 is 0 Å². The van der Waals surface area contributed by atoms with Gasteiger partial charge in [0.1, 0.15) is 17.4 Å². The molecule has 26 heavy (non-hydrogen) atoms. The van der Waals surface area contributed by atoms with Crippen molar-refractivity contribution < 1.29 is 13.9 Å². The maximum absolute atomic E-state index is 13.7. The smallest absolute Gasteiger partial charge is 0.259 e. The van der Waals surface area contributed by atoms with Gasteiger partial charge in [-0.25, -0.2) is 9.37 Å². The Morgan fingerprint density at radius 2 is 2.04 bits per heavy atom. The van der Waals surface area contributed by atoms with E-state index in [0.29, 0.717) is 12.4 Å². The Balaban J connectivity index is 1.56. The summed E-state index contributed by atoms with van der Waals surface area (Å²) in [5, 5.41) is 2.61. The molecule has 0 saturated heterocycles. The van der Waals surface area contributed by atoms with Gasteiger partial charge in [-0.2, -0.15) is 0 Å². The van der Waals surface area contributed by atoms with Crippen molar-refractivity contribution in [3.05, 3.63) is 76.1 Å². The van der Waals surface area contributed by atoms with Crippen LogP contribution in [-0.4, -0.2) is 17.5 Å². The van der Waals surface area contributed by atoms with Crippen LogP contribution in [0.15, 0.2) is 59.2 Å². The molecular formula is C20H14BrFN2O2. The highest BCUT2D eigenvalue weighted by Gasteiger charge is 2.16. The zero-order valence-corrected chi connectivity index (χ0v) is 15.2. The van der Waals surface area contributed by atoms with Gasteiger partial charge < -0.3 is 10.1 Å². The van der Waals surface area contributed by atoms with Crippen LogP contribution in [0.3, 0.4) is 0 Å². The fourth-order valence-corrected chi connectivity index (χ4v) is 3.43. The first-order valence-electron chi connectivity index (χ1n) is 8.09. The Morgan fingerprint density at radius 3 is 2.81 bits per heavy atom. The molecule has 1 aromatic heterocycles. The second kappa shape index (κ2) is 6.88. The predicted molar refractivity (Wildman–Crippen MR) is 101 cm³/mol. The molecule has 1 N–H and O–H groups in total. The van der Waals surface area contributed by atoms with Crippen molar-refractivity contribution in [2.24, 2.45) is 0 Å². The van der Waals surface area contributed by atoms with Crippen LogP contribution in [0.5, 0.6) is 5.75 Å². The van der Waals surface area contributed by atoms with Gasteiger partial charge in [-0.3, -0.25) is 4.79 Å². The van der Waals surface area contributed by atoms with Gasteiger partial charge in [-0.1, -0.05) is 28.1 Å². The minimum absolute atomic E-state index is 0.0141. The molecule has 4 rings (SSSR count). The molecule has 2 aromatic carbocycles. The topological polar surface area (TPSA) is 51.2 Å². The first kappa shape index (κ1) is 16.7. The van der Waals surface area contributed by atoms with Crippen LogP contribution >= 0.6 is 15.9 Å². The molecule has 4 nitrogen and oxygen atoms in total. The monoisotopic (exact) mass is 412 g/mol. The third kappa shape index (κ3) is 3.20. The van der Waals surface area contributed by atoms with Crippen LogP contribution in [0.2, 0.25) is 0 Å². The summed E-state index contributed by atoms with van der Waals surface area (Å²) in [5.74, 6) is 0.176. The van der Waals surface area contributed by atoms with Crippen molar-refractivity contribution in [3.8, 4) is 16.9 Å². The number of hydrogen-bond donors (Lipinski definition) is 1. The van der Waals surface area contributed by atoms with Gasteiger partial charge >= 0.3 is 0 Å². The van der Waals surface area contributed by atoms with E-state index in [4.69, 9.17) is 4.74 Å². The number of rotatable bonds is 3. The Kier molecular flexibility index (Phi) is 4.42. The highest BCUT2D eigenvalue weighted by Crippen LogP contribution is 2.36. The zero-order valence-electron chi connectivity index (χ0n) is 13.6. The fraction of sp³-hybridized carbons (Fsp3) is 0.100. The van der Waals surface area contributed by atoms with Crippen LogP contribution in [-0.2, 0) is 6.42 Å². The second-order valence-electron chi connectivity index (χ2n) is 5.90. The minimum Gasteiger partial charge on any atom is -0.493 e. The minimum atomic E-state index is -0.564. The van der Waals surface area contributed by atoms with E-state index in [9.17, 15) is 9.18 Å². The second-order valence-corrected chi connectivity index (χ2v) is 6.76. The molecule has 0 radical (unpaired) electrons. The normalized spacial score (nSPS) is 12.4. The van der Waals surface area contributed by atoms with E-state index in [2.05, 4.69) is 32.3 Å². The van der Waals surface area contributed by atoms with E-state index in [1.165, 1.54) is 17.7 Å². The fourth-order valence-electron chi connectivity index (χ4n) is 2.88. The SMILES string of the molecule is O=C(Nc1ccc(-c2cc3c(cc2Br)OCC3)cn1)c1ccccc1F. The average molecular weight is 413 g/mol. The van der Waals surface area contributed by atoms with Crippen LogP contribution in [0.1, 0.15) is 15.9 Å². The van der Waals surface area contributed by atoms with Crippen molar-refractivity contribution in [2.45, 2.75) is 6.42 Å². The number of nitrogens with one attached hydrogen (secondary N) is 1. The summed E-state index contributed by atoms with van der Waals surface area (Å²) in [4.78, 5) is 16.4. The van der Waals surface area contributed by atoms with Crippen molar-refractivity contribution in [1.29, 1.82) is 0 Å². The zero-order chi connectivity index (χ0) is 18.1. The van der Waals surface area contributed by atoms with E-state index in [1.54, 1.807) is 24.4 Å². The van der Waals surface area contributed by atoms with Crippen molar-refractivity contribution in [1.82, 2.24) is 4.98 Å².